The Morgan fingerprint density at radius 1 is 1.00 bits per heavy atom. The number of thiazole rings is 1. The summed E-state index contributed by atoms with van der Waals surface area (Å²) in [6.45, 7) is 4.08. The Bertz CT molecular complexity index is 1540. The van der Waals surface area contributed by atoms with E-state index in [1.807, 2.05) is 68.4 Å². The number of ether oxygens (including phenoxy) is 2. The molecule has 5 aromatic rings. The van der Waals surface area contributed by atoms with E-state index in [-0.39, 0.29) is 12.5 Å². The normalized spacial score (nSPS) is 11.0. The first-order chi connectivity index (χ1) is 17.0. The highest BCUT2D eigenvalue weighted by Gasteiger charge is 2.23. The number of carbonyl (C=O) groups is 1. The van der Waals surface area contributed by atoms with E-state index in [1.165, 1.54) is 17.4 Å². The summed E-state index contributed by atoms with van der Waals surface area (Å²) in [5.74, 6) is 0.853. The van der Waals surface area contributed by atoms with Gasteiger partial charge in [0.15, 0.2) is 11.7 Å². The minimum atomic E-state index is -0.430. The van der Waals surface area contributed by atoms with Crippen molar-refractivity contribution < 1.29 is 18.7 Å². The number of nitrogens with zero attached hydrogens (tertiary/aromatic N) is 2. The van der Waals surface area contributed by atoms with Gasteiger partial charge in [0.05, 0.1) is 22.5 Å². The van der Waals surface area contributed by atoms with E-state index in [4.69, 9.17) is 13.9 Å². The van der Waals surface area contributed by atoms with Gasteiger partial charge in [0.1, 0.15) is 17.1 Å². The van der Waals surface area contributed by atoms with Crippen LogP contribution in [0, 0.1) is 6.92 Å². The summed E-state index contributed by atoms with van der Waals surface area (Å²) in [6.07, 6.45) is 0. The summed E-state index contributed by atoms with van der Waals surface area (Å²) >= 11 is 1.43. The van der Waals surface area contributed by atoms with Crippen molar-refractivity contribution in [3.63, 3.8) is 0 Å². The van der Waals surface area contributed by atoms with E-state index in [9.17, 15) is 9.59 Å². The lowest BCUT2D eigenvalue weighted by molar-refractivity contribution is -0.119. The van der Waals surface area contributed by atoms with Crippen LogP contribution in [0.4, 0.5) is 10.8 Å². The van der Waals surface area contributed by atoms with Crippen LogP contribution in [0.2, 0.25) is 0 Å². The van der Waals surface area contributed by atoms with Crippen molar-refractivity contribution in [2.45, 2.75) is 13.8 Å². The number of fused-ring (bicyclic) bond motifs is 2. The van der Waals surface area contributed by atoms with Gasteiger partial charge in [-0.25, -0.2) is 9.78 Å². The Labute approximate surface area is 205 Å². The van der Waals surface area contributed by atoms with Crippen molar-refractivity contribution in [2.75, 3.05) is 18.1 Å². The number of amides is 1. The molecule has 0 bridgehead atoms. The maximum atomic E-state index is 13.4. The Balaban J connectivity index is 1.44. The molecule has 2 heterocycles. The molecule has 0 N–H and O–H groups in total. The van der Waals surface area contributed by atoms with Crippen molar-refractivity contribution in [3.8, 4) is 11.5 Å². The van der Waals surface area contributed by atoms with E-state index in [2.05, 4.69) is 4.98 Å². The fourth-order valence-electron chi connectivity index (χ4n) is 3.78. The van der Waals surface area contributed by atoms with E-state index >= 15 is 0 Å². The molecule has 8 heteroatoms. The lowest BCUT2D eigenvalue weighted by Gasteiger charge is -2.20. The second-order valence-electron chi connectivity index (χ2n) is 7.82. The molecule has 2 aromatic heterocycles. The molecule has 0 unspecified atom stereocenters. The predicted octanol–water partition coefficient (Wildman–Crippen LogP) is 5.85. The number of anilines is 2. The van der Waals surface area contributed by atoms with Gasteiger partial charge in [0.2, 0.25) is 0 Å². The SMILES string of the molecule is CCOc1ccc(N(C(=O)COc2ccc3c(C)cc(=O)oc3c2)c2nc3ccccc3s2)cc1. The molecule has 7 nitrogen and oxygen atoms in total. The molecule has 0 aliphatic rings. The fourth-order valence-corrected chi connectivity index (χ4v) is 4.78. The van der Waals surface area contributed by atoms with Crippen LogP contribution in [0.1, 0.15) is 12.5 Å². The van der Waals surface area contributed by atoms with Crippen LogP contribution >= 0.6 is 11.3 Å². The molecule has 3 aromatic carbocycles. The summed E-state index contributed by atoms with van der Waals surface area (Å²) in [7, 11) is 0. The van der Waals surface area contributed by atoms with Gasteiger partial charge >= 0.3 is 5.63 Å². The molecule has 0 saturated carbocycles. The Morgan fingerprint density at radius 3 is 2.54 bits per heavy atom. The van der Waals surface area contributed by atoms with Crippen LogP contribution in [-0.2, 0) is 4.79 Å². The highest BCUT2D eigenvalue weighted by Crippen LogP contribution is 2.34. The maximum absolute atomic E-state index is 13.4. The highest BCUT2D eigenvalue weighted by molar-refractivity contribution is 7.22. The Hall–Kier alpha value is -4.17. The lowest BCUT2D eigenvalue weighted by atomic mass is 10.1. The third kappa shape index (κ3) is 4.74. The number of hydrogen-bond donors (Lipinski definition) is 0. The van der Waals surface area contributed by atoms with E-state index in [0.29, 0.717) is 28.8 Å². The lowest BCUT2D eigenvalue weighted by Crippen LogP contribution is -2.30. The smallest absolute Gasteiger partial charge is 0.336 e. The second-order valence-corrected chi connectivity index (χ2v) is 8.82. The van der Waals surface area contributed by atoms with Gasteiger partial charge < -0.3 is 13.9 Å². The third-order valence-electron chi connectivity index (χ3n) is 5.41. The maximum Gasteiger partial charge on any atom is 0.336 e. The van der Waals surface area contributed by atoms with Gasteiger partial charge in [-0.2, -0.15) is 0 Å². The van der Waals surface area contributed by atoms with Gasteiger partial charge in [-0.05, 0) is 67.9 Å². The predicted molar refractivity (Wildman–Crippen MR) is 137 cm³/mol. The summed E-state index contributed by atoms with van der Waals surface area (Å²) in [5, 5.41) is 1.36. The van der Waals surface area contributed by atoms with Crippen molar-refractivity contribution >= 4 is 49.2 Å². The number of carbonyl (C=O) groups excluding carboxylic acids is 1. The minimum Gasteiger partial charge on any atom is -0.494 e. The van der Waals surface area contributed by atoms with Crippen molar-refractivity contribution in [1.29, 1.82) is 0 Å². The summed E-state index contributed by atoms with van der Waals surface area (Å²) in [6, 6.07) is 21.7. The summed E-state index contributed by atoms with van der Waals surface area (Å²) in [4.78, 5) is 31.4. The van der Waals surface area contributed by atoms with Crippen molar-refractivity contribution in [2.24, 2.45) is 0 Å². The molecule has 35 heavy (non-hydrogen) atoms. The molecule has 0 atom stereocenters. The number of benzene rings is 3. The molecule has 0 saturated heterocycles. The number of aryl methyl sites for hydroxylation is 1. The van der Waals surface area contributed by atoms with Crippen LogP contribution < -0.4 is 20.0 Å². The minimum absolute atomic E-state index is 0.231. The second kappa shape index (κ2) is 9.60. The zero-order chi connectivity index (χ0) is 24.4. The molecular formula is C27H22N2O5S. The Kier molecular flexibility index (Phi) is 6.20. The molecule has 5 rings (SSSR count). The van der Waals surface area contributed by atoms with Gasteiger partial charge in [-0.15, -0.1) is 0 Å². The number of aromatic nitrogens is 1. The molecular weight excluding hydrogens is 464 g/mol. The average Bonchev–Trinajstić information content (AvgIpc) is 3.27. The first kappa shape index (κ1) is 22.6. The molecule has 1 amide bonds. The first-order valence-electron chi connectivity index (χ1n) is 11.1. The topological polar surface area (TPSA) is 81.9 Å². The summed E-state index contributed by atoms with van der Waals surface area (Å²) in [5.41, 5.74) is 2.27. The van der Waals surface area contributed by atoms with E-state index < -0.39 is 5.63 Å². The van der Waals surface area contributed by atoms with Crippen molar-refractivity contribution in [1.82, 2.24) is 4.98 Å². The molecule has 0 radical (unpaired) electrons. The van der Waals surface area contributed by atoms with Gasteiger partial charge in [0, 0.05) is 17.5 Å². The van der Waals surface area contributed by atoms with Crippen LogP contribution in [-0.4, -0.2) is 24.1 Å². The Morgan fingerprint density at radius 2 is 1.77 bits per heavy atom. The monoisotopic (exact) mass is 486 g/mol. The largest absolute Gasteiger partial charge is 0.494 e. The van der Waals surface area contributed by atoms with Gasteiger partial charge in [-0.1, -0.05) is 23.5 Å². The molecule has 0 aliphatic heterocycles. The molecule has 0 spiro atoms. The number of para-hydroxylation sites is 1. The van der Waals surface area contributed by atoms with Crippen LogP contribution in [0.15, 0.2) is 82.0 Å². The molecule has 0 fully saturated rings. The standard InChI is InChI=1S/C27H22N2O5S/c1-3-32-19-10-8-18(9-11-19)29(27-28-22-6-4-5-7-24(22)35-27)25(30)16-33-20-12-13-21-17(2)14-26(31)34-23(21)15-20/h4-15H,3,16H2,1-2H3. The zero-order valence-electron chi connectivity index (χ0n) is 19.2. The number of hydrogen-bond acceptors (Lipinski definition) is 7. The van der Waals surface area contributed by atoms with Crippen LogP contribution in [0.5, 0.6) is 11.5 Å². The van der Waals surface area contributed by atoms with Crippen LogP contribution in [0.25, 0.3) is 21.2 Å². The summed E-state index contributed by atoms with van der Waals surface area (Å²) < 4.78 is 17.6. The van der Waals surface area contributed by atoms with E-state index in [1.54, 1.807) is 17.0 Å². The van der Waals surface area contributed by atoms with Crippen LogP contribution in [0.3, 0.4) is 0 Å². The fraction of sp³-hybridized carbons (Fsp3) is 0.148. The zero-order valence-corrected chi connectivity index (χ0v) is 20.0. The average molecular weight is 487 g/mol. The molecule has 176 valence electrons. The van der Waals surface area contributed by atoms with Gasteiger partial charge in [0.25, 0.3) is 5.91 Å². The quantitative estimate of drug-likeness (QED) is 0.268. The number of rotatable bonds is 7. The highest BCUT2D eigenvalue weighted by atomic mass is 32.1. The van der Waals surface area contributed by atoms with Crippen molar-refractivity contribution in [3.05, 3.63) is 88.8 Å². The first-order valence-corrected chi connectivity index (χ1v) is 11.9. The van der Waals surface area contributed by atoms with Gasteiger partial charge in [-0.3, -0.25) is 9.69 Å². The van der Waals surface area contributed by atoms with E-state index in [0.717, 1.165) is 26.9 Å². The third-order valence-corrected chi connectivity index (χ3v) is 6.44. The molecule has 0 aliphatic carbocycles.